The number of amides is 3. The van der Waals surface area contributed by atoms with Crippen molar-refractivity contribution in [1.29, 1.82) is 0 Å². The van der Waals surface area contributed by atoms with Gasteiger partial charge in [-0.3, -0.25) is 19.2 Å². The summed E-state index contributed by atoms with van der Waals surface area (Å²) in [6.07, 6.45) is -0.222. The minimum Gasteiger partial charge on any atom is -0.481 e. The van der Waals surface area contributed by atoms with Crippen LogP contribution in [-0.2, 0) is 24.0 Å². The van der Waals surface area contributed by atoms with E-state index in [1.165, 1.54) is 0 Å². The first kappa shape index (κ1) is 28.3. The van der Waals surface area contributed by atoms with Crippen molar-refractivity contribution in [3.05, 3.63) is 0 Å². The van der Waals surface area contributed by atoms with Crippen molar-refractivity contribution in [3.8, 4) is 0 Å². The zero-order chi connectivity index (χ0) is 24.3. The van der Waals surface area contributed by atoms with Crippen molar-refractivity contribution in [1.82, 2.24) is 16.0 Å². The molecule has 0 bridgehead atoms. The first-order valence-corrected chi connectivity index (χ1v) is 10.1. The third-order valence-corrected chi connectivity index (χ3v) is 4.66. The van der Waals surface area contributed by atoms with Crippen molar-refractivity contribution in [2.75, 3.05) is 6.61 Å². The SMILES string of the molecule is CCC(C)C(NC(=O)C(N)CO)C(=O)NC(CC(=O)O)C(=O)NC(CC(C)C)C(=O)O. The van der Waals surface area contributed by atoms with E-state index in [0.717, 1.165) is 0 Å². The number of hydrogen-bond acceptors (Lipinski definition) is 7. The molecule has 0 aromatic rings. The van der Waals surface area contributed by atoms with Crippen molar-refractivity contribution in [2.24, 2.45) is 17.6 Å². The van der Waals surface area contributed by atoms with Gasteiger partial charge in [-0.2, -0.15) is 0 Å². The highest BCUT2D eigenvalue weighted by Crippen LogP contribution is 2.10. The van der Waals surface area contributed by atoms with Crippen molar-refractivity contribution in [3.63, 3.8) is 0 Å². The Bertz CT molecular complexity index is 655. The van der Waals surface area contributed by atoms with Crippen LogP contribution < -0.4 is 21.7 Å². The molecule has 31 heavy (non-hydrogen) atoms. The normalized spacial score (nSPS) is 15.8. The quantitative estimate of drug-likeness (QED) is 0.164. The molecular formula is C19H34N4O8. The van der Waals surface area contributed by atoms with Gasteiger partial charge in [0.1, 0.15) is 24.2 Å². The zero-order valence-corrected chi connectivity index (χ0v) is 18.3. The van der Waals surface area contributed by atoms with Crippen LogP contribution in [0.4, 0.5) is 0 Å². The number of aliphatic carboxylic acids is 2. The van der Waals surface area contributed by atoms with E-state index in [4.69, 9.17) is 15.9 Å². The number of aliphatic hydroxyl groups is 1. The van der Waals surface area contributed by atoms with Gasteiger partial charge in [-0.25, -0.2) is 4.79 Å². The minimum absolute atomic E-state index is 0.0605. The van der Waals surface area contributed by atoms with Gasteiger partial charge < -0.3 is 37.0 Å². The first-order valence-electron chi connectivity index (χ1n) is 10.1. The smallest absolute Gasteiger partial charge is 0.326 e. The van der Waals surface area contributed by atoms with Crippen LogP contribution in [-0.4, -0.2) is 75.8 Å². The summed E-state index contributed by atoms with van der Waals surface area (Å²) in [5, 5.41) is 34.3. The summed E-state index contributed by atoms with van der Waals surface area (Å²) in [7, 11) is 0. The van der Waals surface area contributed by atoms with Crippen LogP contribution in [0, 0.1) is 11.8 Å². The second kappa shape index (κ2) is 13.5. The molecule has 0 spiro atoms. The molecular weight excluding hydrogens is 412 g/mol. The second-order valence-electron chi connectivity index (χ2n) is 7.85. The Kier molecular flexibility index (Phi) is 12.4. The number of carboxylic acid groups (broad SMARTS) is 2. The minimum atomic E-state index is -1.56. The topological polar surface area (TPSA) is 208 Å². The summed E-state index contributed by atoms with van der Waals surface area (Å²) in [5.41, 5.74) is 5.45. The van der Waals surface area contributed by atoms with Crippen molar-refractivity contribution < 1.29 is 39.3 Å². The van der Waals surface area contributed by atoms with E-state index in [1.807, 2.05) is 0 Å². The van der Waals surface area contributed by atoms with Gasteiger partial charge >= 0.3 is 11.9 Å². The van der Waals surface area contributed by atoms with E-state index >= 15 is 0 Å². The molecule has 0 aliphatic rings. The molecule has 0 heterocycles. The summed E-state index contributed by atoms with van der Waals surface area (Å²) in [4.78, 5) is 59.9. The van der Waals surface area contributed by atoms with Crippen LogP contribution in [0.2, 0.25) is 0 Å². The molecule has 12 nitrogen and oxygen atoms in total. The van der Waals surface area contributed by atoms with Gasteiger partial charge in [0, 0.05) is 0 Å². The molecule has 12 heteroatoms. The molecule has 178 valence electrons. The fourth-order valence-electron chi connectivity index (χ4n) is 2.66. The Morgan fingerprint density at radius 2 is 1.42 bits per heavy atom. The van der Waals surface area contributed by atoms with Crippen LogP contribution in [0.1, 0.15) is 47.0 Å². The first-order chi connectivity index (χ1) is 14.3. The van der Waals surface area contributed by atoms with Crippen LogP contribution in [0.5, 0.6) is 0 Å². The summed E-state index contributed by atoms with van der Waals surface area (Å²) in [6.45, 7) is 6.29. The van der Waals surface area contributed by atoms with Crippen LogP contribution in [0.25, 0.3) is 0 Å². The van der Waals surface area contributed by atoms with Gasteiger partial charge in [0.15, 0.2) is 0 Å². The van der Waals surface area contributed by atoms with E-state index in [1.54, 1.807) is 27.7 Å². The van der Waals surface area contributed by atoms with E-state index in [9.17, 15) is 29.1 Å². The van der Waals surface area contributed by atoms with Gasteiger partial charge in [-0.15, -0.1) is 0 Å². The fourth-order valence-corrected chi connectivity index (χ4v) is 2.66. The lowest BCUT2D eigenvalue weighted by Crippen LogP contribution is -2.59. The molecule has 0 aliphatic carbocycles. The van der Waals surface area contributed by atoms with Crippen LogP contribution >= 0.6 is 0 Å². The lowest BCUT2D eigenvalue weighted by molar-refractivity contribution is -0.144. The Hall–Kier alpha value is -2.73. The Balaban J connectivity index is 5.54. The molecule has 8 N–H and O–H groups in total. The number of carbonyl (C=O) groups is 5. The van der Waals surface area contributed by atoms with E-state index in [0.29, 0.717) is 6.42 Å². The number of rotatable bonds is 14. The summed E-state index contributed by atoms with van der Waals surface area (Å²) in [6, 6.07) is -5.22. The average Bonchev–Trinajstić information content (AvgIpc) is 2.68. The molecule has 0 rings (SSSR count). The van der Waals surface area contributed by atoms with E-state index in [2.05, 4.69) is 16.0 Å². The van der Waals surface area contributed by atoms with Gasteiger partial charge in [-0.1, -0.05) is 34.1 Å². The van der Waals surface area contributed by atoms with Gasteiger partial charge in [0.25, 0.3) is 0 Å². The maximum Gasteiger partial charge on any atom is 0.326 e. The third-order valence-electron chi connectivity index (χ3n) is 4.66. The lowest BCUT2D eigenvalue weighted by atomic mass is 9.97. The Labute approximate surface area is 180 Å². The maximum atomic E-state index is 12.8. The molecule has 0 saturated heterocycles. The molecule has 0 fully saturated rings. The number of aliphatic hydroxyl groups excluding tert-OH is 1. The van der Waals surface area contributed by atoms with Crippen LogP contribution in [0.15, 0.2) is 0 Å². The summed E-state index contributed by atoms with van der Waals surface area (Å²) < 4.78 is 0. The molecule has 0 aromatic heterocycles. The van der Waals surface area contributed by atoms with Gasteiger partial charge in [-0.05, 0) is 18.3 Å². The largest absolute Gasteiger partial charge is 0.481 e. The van der Waals surface area contributed by atoms with E-state index < -0.39 is 72.8 Å². The zero-order valence-electron chi connectivity index (χ0n) is 18.3. The lowest BCUT2D eigenvalue weighted by Gasteiger charge is -2.27. The standard InChI is InChI=1S/C19H34N4O8/c1-5-10(4)15(23-16(27)11(20)8-24)18(29)21-12(7-14(25)26)17(28)22-13(19(30)31)6-9(2)3/h9-13,15,24H,5-8,20H2,1-4H3,(H,21,29)(H,22,28)(H,23,27)(H,25,26)(H,30,31). The number of hydrogen-bond donors (Lipinski definition) is 7. The van der Waals surface area contributed by atoms with E-state index in [-0.39, 0.29) is 12.3 Å². The fraction of sp³-hybridized carbons (Fsp3) is 0.737. The highest BCUT2D eigenvalue weighted by atomic mass is 16.4. The number of nitrogens with one attached hydrogen (secondary N) is 3. The molecule has 0 aromatic carbocycles. The molecule has 5 atom stereocenters. The molecule has 0 aliphatic heterocycles. The highest BCUT2D eigenvalue weighted by molar-refractivity contribution is 5.95. The maximum absolute atomic E-state index is 12.8. The average molecular weight is 447 g/mol. The van der Waals surface area contributed by atoms with Crippen LogP contribution in [0.3, 0.4) is 0 Å². The predicted molar refractivity (Wildman–Crippen MR) is 110 cm³/mol. The predicted octanol–water partition coefficient (Wildman–Crippen LogP) is -1.59. The molecule has 5 unspecified atom stereocenters. The second-order valence-corrected chi connectivity index (χ2v) is 7.85. The number of nitrogens with two attached hydrogens (primary N) is 1. The molecule has 0 saturated carbocycles. The van der Waals surface area contributed by atoms with Gasteiger partial charge in [0.2, 0.25) is 17.7 Å². The number of carbonyl (C=O) groups excluding carboxylic acids is 3. The number of carboxylic acids is 2. The summed E-state index contributed by atoms with van der Waals surface area (Å²) >= 11 is 0. The highest BCUT2D eigenvalue weighted by Gasteiger charge is 2.33. The molecule has 0 radical (unpaired) electrons. The monoisotopic (exact) mass is 446 g/mol. The van der Waals surface area contributed by atoms with Crippen molar-refractivity contribution >= 4 is 29.7 Å². The Morgan fingerprint density at radius 3 is 1.84 bits per heavy atom. The van der Waals surface area contributed by atoms with Crippen molar-refractivity contribution in [2.45, 2.75) is 71.1 Å². The third kappa shape index (κ3) is 10.2. The van der Waals surface area contributed by atoms with Gasteiger partial charge in [0.05, 0.1) is 13.0 Å². The summed E-state index contributed by atoms with van der Waals surface area (Å²) in [5.74, 6) is -5.72. The Morgan fingerprint density at radius 1 is 0.871 bits per heavy atom. The molecule has 3 amide bonds.